The molecule has 2 atom stereocenters. The average Bonchev–Trinajstić information content (AvgIpc) is 2.87. The van der Waals surface area contributed by atoms with E-state index in [0.717, 1.165) is 23.1 Å². The highest BCUT2D eigenvalue weighted by atomic mass is 35.5. The van der Waals surface area contributed by atoms with Crippen molar-refractivity contribution in [1.82, 2.24) is 10.2 Å². The number of benzene rings is 3. The van der Waals surface area contributed by atoms with Gasteiger partial charge in [-0.3, -0.25) is 9.59 Å². The third-order valence-electron chi connectivity index (χ3n) is 6.01. The van der Waals surface area contributed by atoms with E-state index < -0.39 is 6.04 Å². The lowest BCUT2D eigenvalue weighted by molar-refractivity contribution is -0.139. The zero-order valence-electron chi connectivity index (χ0n) is 20.9. The molecule has 37 heavy (non-hydrogen) atoms. The molecule has 0 aliphatic heterocycles. The minimum absolute atomic E-state index is 0.0148. The van der Waals surface area contributed by atoms with E-state index in [0.29, 0.717) is 27.2 Å². The van der Waals surface area contributed by atoms with Crippen LogP contribution in [0, 0.1) is 0 Å². The summed E-state index contributed by atoms with van der Waals surface area (Å²) in [5.74, 6) is 0.513. The van der Waals surface area contributed by atoms with Crippen molar-refractivity contribution in [3.8, 4) is 0 Å². The topological polar surface area (TPSA) is 49.4 Å². The first-order valence-corrected chi connectivity index (χ1v) is 14.5. The number of halogens is 3. The maximum absolute atomic E-state index is 13.7. The molecule has 0 heterocycles. The summed E-state index contributed by atoms with van der Waals surface area (Å²) in [5.41, 5.74) is 2.74. The molecule has 0 aromatic heterocycles. The molecule has 0 bridgehead atoms. The maximum atomic E-state index is 13.7. The third kappa shape index (κ3) is 9.26. The van der Waals surface area contributed by atoms with E-state index in [1.165, 1.54) is 11.8 Å². The molecule has 2 amide bonds. The van der Waals surface area contributed by atoms with Crippen LogP contribution >= 0.6 is 46.6 Å². The van der Waals surface area contributed by atoms with E-state index in [1.54, 1.807) is 23.1 Å². The monoisotopic (exact) mass is 576 g/mol. The van der Waals surface area contributed by atoms with E-state index in [-0.39, 0.29) is 30.2 Å². The van der Waals surface area contributed by atoms with Crippen LogP contribution in [0.3, 0.4) is 0 Å². The lowest BCUT2D eigenvalue weighted by atomic mass is 10.0. The van der Waals surface area contributed by atoms with Gasteiger partial charge >= 0.3 is 0 Å². The predicted octanol–water partition coefficient (Wildman–Crippen LogP) is 7.43. The Labute approximate surface area is 238 Å². The second kappa shape index (κ2) is 14.7. The number of amides is 2. The summed E-state index contributed by atoms with van der Waals surface area (Å²) in [6.45, 7) is 4.17. The molecule has 196 valence electrons. The van der Waals surface area contributed by atoms with Gasteiger partial charge in [0.25, 0.3) is 0 Å². The van der Waals surface area contributed by atoms with Gasteiger partial charge in [-0.1, -0.05) is 90.3 Å². The fourth-order valence-corrected chi connectivity index (χ4v) is 5.33. The Morgan fingerprint density at radius 1 is 0.919 bits per heavy atom. The third-order valence-corrected chi connectivity index (χ3v) is 7.82. The first kappa shape index (κ1) is 29.4. The van der Waals surface area contributed by atoms with E-state index in [9.17, 15) is 9.59 Å². The average molecular weight is 578 g/mol. The molecule has 0 aliphatic carbocycles. The number of nitrogens with zero attached hydrogens (tertiary/aromatic N) is 1. The van der Waals surface area contributed by atoms with E-state index in [2.05, 4.69) is 5.32 Å². The van der Waals surface area contributed by atoms with Crippen molar-refractivity contribution in [2.75, 3.05) is 5.75 Å². The van der Waals surface area contributed by atoms with Gasteiger partial charge in [-0.05, 0) is 54.3 Å². The Balaban J connectivity index is 1.89. The predicted molar refractivity (Wildman–Crippen MR) is 156 cm³/mol. The Bertz CT molecular complexity index is 1190. The minimum atomic E-state index is -0.706. The summed E-state index contributed by atoms with van der Waals surface area (Å²) in [6.07, 6.45) is 1.18. The normalized spacial score (nSPS) is 12.6. The largest absolute Gasteiger partial charge is 0.352 e. The van der Waals surface area contributed by atoms with Crippen LogP contribution in [-0.4, -0.2) is 34.6 Å². The van der Waals surface area contributed by atoms with Crippen LogP contribution in [0.15, 0.2) is 72.8 Å². The van der Waals surface area contributed by atoms with Gasteiger partial charge in [0.2, 0.25) is 11.8 Å². The minimum Gasteiger partial charge on any atom is -0.352 e. The summed E-state index contributed by atoms with van der Waals surface area (Å²) in [5, 5.41) is 4.70. The zero-order valence-corrected chi connectivity index (χ0v) is 24.0. The van der Waals surface area contributed by atoms with Gasteiger partial charge in [0.1, 0.15) is 6.04 Å². The lowest BCUT2D eigenvalue weighted by Gasteiger charge is -2.32. The maximum Gasteiger partial charge on any atom is 0.243 e. The molecule has 0 spiro atoms. The number of thioether (sulfide) groups is 1. The molecule has 8 heteroatoms. The smallest absolute Gasteiger partial charge is 0.243 e. The molecule has 0 unspecified atom stereocenters. The van der Waals surface area contributed by atoms with Gasteiger partial charge < -0.3 is 10.2 Å². The fourth-order valence-electron chi connectivity index (χ4n) is 3.79. The molecule has 4 nitrogen and oxygen atoms in total. The van der Waals surface area contributed by atoms with Crippen LogP contribution in [0.25, 0.3) is 0 Å². The van der Waals surface area contributed by atoms with Crippen molar-refractivity contribution >= 4 is 58.4 Å². The van der Waals surface area contributed by atoms with Crippen molar-refractivity contribution in [2.45, 2.75) is 51.1 Å². The second-order valence-corrected chi connectivity index (χ2v) is 11.2. The molecule has 3 aromatic carbocycles. The molecular weight excluding hydrogens is 547 g/mol. The second-order valence-electron chi connectivity index (χ2n) is 8.90. The van der Waals surface area contributed by atoms with Gasteiger partial charge in [0.15, 0.2) is 0 Å². The fraction of sp³-hybridized carbons (Fsp3) is 0.310. The Morgan fingerprint density at radius 2 is 1.62 bits per heavy atom. The Hall–Kier alpha value is -2.18. The van der Waals surface area contributed by atoms with E-state index >= 15 is 0 Å². The van der Waals surface area contributed by atoms with Crippen molar-refractivity contribution in [2.24, 2.45) is 0 Å². The molecular formula is C29H31Cl3N2O2S. The number of carbonyl (C=O) groups is 2. The van der Waals surface area contributed by atoms with Crippen molar-refractivity contribution < 1.29 is 9.59 Å². The SMILES string of the molecule is CC[C@H](C)NC(=O)[C@H](Cc1ccccc1)N(Cc1ccc(Cl)cc1Cl)C(=O)CSCc1cccc(Cl)c1. The molecule has 0 saturated carbocycles. The number of hydrogen-bond acceptors (Lipinski definition) is 3. The van der Waals surface area contributed by atoms with Gasteiger partial charge in [-0.25, -0.2) is 0 Å². The molecule has 0 saturated heterocycles. The van der Waals surface area contributed by atoms with Gasteiger partial charge in [-0.15, -0.1) is 11.8 Å². The van der Waals surface area contributed by atoms with Crippen LogP contribution in [0.4, 0.5) is 0 Å². The van der Waals surface area contributed by atoms with E-state index in [1.807, 2.05) is 68.4 Å². The number of carbonyl (C=O) groups excluding carboxylic acids is 2. The highest BCUT2D eigenvalue weighted by molar-refractivity contribution is 7.99. The van der Waals surface area contributed by atoms with Crippen LogP contribution in [0.2, 0.25) is 15.1 Å². The molecule has 0 aliphatic rings. The summed E-state index contributed by atoms with van der Waals surface area (Å²) in [4.78, 5) is 28.9. The first-order chi connectivity index (χ1) is 17.8. The highest BCUT2D eigenvalue weighted by Gasteiger charge is 2.31. The quantitative estimate of drug-likeness (QED) is 0.243. The lowest BCUT2D eigenvalue weighted by Crippen LogP contribution is -2.52. The summed E-state index contributed by atoms with van der Waals surface area (Å²) in [7, 11) is 0. The number of rotatable bonds is 12. The zero-order chi connectivity index (χ0) is 26.8. The Morgan fingerprint density at radius 3 is 2.30 bits per heavy atom. The molecule has 3 rings (SSSR count). The Kier molecular flexibility index (Phi) is 11.7. The van der Waals surface area contributed by atoms with Gasteiger partial charge in [0, 0.05) is 39.8 Å². The standard InChI is InChI=1S/C29H31Cl3N2O2S/c1-3-20(2)33-29(36)27(15-21-8-5-4-6-9-21)34(17-23-12-13-25(31)16-26(23)32)28(35)19-37-18-22-10-7-11-24(30)14-22/h4-14,16,20,27H,3,15,17-19H2,1-2H3,(H,33,36)/t20-,27-/m0/s1. The molecule has 0 fully saturated rings. The van der Waals surface area contributed by atoms with Crippen LogP contribution in [-0.2, 0) is 28.3 Å². The van der Waals surface area contributed by atoms with Gasteiger partial charge in [0.05, 0.1) is 5.75 Å². The van der Waals surface area contributed by atoms with Crippen LogP contribution < -0.4 is 5.32 Å². The van der Waals surface area contributed by atoms with Crippen LogP contribution in [0.1, 0.15) is 37.0 Å². The highest BCUT2D eigenvalue weighted by Crippen LogP contribution is 2.25. The number of nitrogens with one attached hydrogen (secondary N) is 1. The van der Waals surface area contributed by atoms with Crippen LogP contribution in [0.5, 0.6) is 0 Å². The summed E-state index contributed by atoms with van der Waals surface area (Å²) < 4.78 is 0. The van der Waals surface area contributed by atoms with E-state index in [4.69, 9.17) is 34.8 Å². The van der Waals surface area contributed by atoms with Crippen molar-refractivity contribution in [1.29, 1.82) is 0 Å². The first-order valence-electron chi connectivity index (χ1n) is 12.2. The molecule has 0 radical (unpaired) electrons. The van der Waals surface area contributed by atoms with Crippen molar-refractivity contribution in [3.05, 3.63) is 105 Å². The summed E-state index contributed by atoms with van der Waals surface area (Å²) in [6, 6.07) is 21.8. The molecule has 3 aromatic rings. The molecule has 1 N–H and O–H groups in total. The van der Waals surface area contributed by atoms with Crippen molar-refractivity contribution in [3.63, 3.8) is 0 Å². The number of hydrogen-bond donors (Lipinski definition) is 1. The summed E-state index contributed by atoms with van der Waals surface area (Å²) >= 11 is 20.2. The van der Waals surface area contributed by atoms with Gasteiger partial charge in [-0.2, -0.15) is 0 Å².